The lowest BCUT2D eigenvalue weighted by atomic mass is 10.2. The minimum absolute atomic E-state index is 0.0946. The third kappa shape index (κ3) is 9.93. The van der Waals surface area contributed by atoms with Crippen LogP contribution in [0.15, 0.2) is 29.3 Å². The van der Waals surface area contributed by atoms with E-state index < -0.39 is 4.92 Å². The number of hydrogen-bond acceptors (Lipinski definition) is 5. The predicted octanol–water partition coefficient (Wildman–Crippen LogP) is 2.81. The zero-order valence-electron chi connectivity index (χ0n) is 15.0. The molecule has 0 amide bonds. The number of benzene rings is 1. The van der Waals surface area contributed by atoms with Gasteiger partial charge in [0.2, 0.25) is 0 Å². The quantitative estimate of drug-likeness (QED) is 0.194. The van der Waals surface area contributed by atoms with Gasteiger partial charge in [0, 0.05) is 38.4 Å². The predicted molar refractivity (Wildman–Crippen MR) is 104 cm³/mol. The lowest BCUT2D eigenvalue weighted by Gasteiger charge is -2.12. The van der Waals surface area contributed by atoms with Gasteiger partial charge in [0.05, 0.1) is 11.5 Å². The summed E-state index contributed by atoms with van der Waals surface area (Å²) in [6, 6.07) is 6.49. The number of nitrogens with one attached hydrogen (secondary N) is 2. The molecule has 0 radical (unpaired) electrons. The highest BCUT2D eigenvalue weighted by atomic mass is 32.2. The Morgan fingerprint density at radius 3 is 2.52 bits per heavy atom. The van der Waals surface area contributed by atoms with Gasteiger partial charge in [-0.3, -0.25) is 10.1 Å². The van der Waals surface area contributed by atoms with Crippen molar-refractivity contribution in [2.75, 3.05) is 38.3 Å². The highest BCUT2D eigenvalue weighted by Gasteiger charge is 2.04. The molecule has 25 heavy (non-hydrogen) atoms. The average Bonchev–Trinajstić information content (AvgIpc) is 2.62. The molecule has 8 heteroatoms. The smallest absolute Gasteiger partial charge is 0.269 e. The monoisotopic (exact) mass is 368 g/mol. The lowest BCUT2D eigenvalue weighted by molar-refractivity contribution is -0.384. The van der Waals surface area contributed by atoms with E-state index >= 15 is 0 Å². The first-order valence-electron chi connectivity index (χ1n) is 8.49. The third-order valence-corrected chi connectivity index (χ3v) is 4.04. The second kappa shape index (κ2) is 13.5. The minimum atomic E-state index is -0.397. The van der Waals surface area contributed by atoms with E-state index in [1.807, 2.05) is 18.7 Å². The Bertz CT molecular complexity index is 523. The Morgan fingerprint density at radius 1 is 1.24 bits per heavy atom. The standard InChI is InChI=1S/C17H28N4O3S/c1-3-24-12-4-10-18-17(19-11-5-13-25-2)20-14-15-6-8-16(9-7-15)21(22)23/h6-9H,3-5,10-14H2,1-2H3,(H2,18,19,20). The van der Waals surface area contributed by atoms with Crippen LogP contribution in [0.3, 0.4) is 0 Å². The molecule has 0 saturated carbocycles. The summed E-state index contributed by atoms with van der Waals surface area (Å²) < 4.78 is 5.33. The second-order valence-electron chi connectivity index (χ2n) is 5.34. The summed E-state index contributed by atoms with van der Waals surface area (Å²) >= 11 is 1.82. The summed E-state index contributed by atoms with van der Waals surface area (Å²) in [5.41, 5.74) is 1.03. The maximum absolute atomic E-state index is 10.7. The van der Waals surface area contributed by atoms with Crippen LogP contribution in [-0.4, -0.2) is 49.2 Å². The van der Waals surface area contributed by atoms with Gasteiger partial charge in [-0.2, -0.15) is 11.8 Å². The van der Waals surface area contributed by atoms with Crippen molar-refractivity contribution in [3.8, 4) is 0 Å². The van der Waals surface area contributed by atoms with Gasteiger partial charge in [0.1, 0.15) is 0 Å². The first kappa shape index (κ1) is 21.2. The van der Waals surface area contributed by atoms with Crippen molar-refractivity contribution in [2.45, 2.75) is 26.3 Å². The fourth-order valence-corrected chi connectivity index (χ4v) is 2.45. The molecule has 0 heterocycles. The van der Waals surface area contributed by atoms with E-state index in [2.05, 4.69) is 21.9 Å². The zero-order chi connectivity index (χ0) is 18.3. The number of nitro groups is 1. The molecule has 0 unspecified atom stereocenters. The molecule has 1 aromatic carbocycles. The molecule has 1 rings (SSSR count). The minimum Gasteiger partial charge on any atom is -0.382 e. The summed E-state index contributed by atoms with van der Waals surface area (Å²) in [6.45, 7) is 5.56. The summed E-state index contributed by atoms with van der Waals surface area (Å²) in [6.07, 6.45) is 4.07. The molecule has 0 spiro atoms. The van der Waals surface area contributed by atoms with Gasteiger partial charge in [-0.25, -0.2) is 4.99 Å². The van der Waals surface area contributed by atoms with Crippen molar-refractivity contribution in [2.24, 2.45) is 4.99 Å². The lowest BCUT2D eigenvalue weighted by Crippen LogP contribution is -2.38. The number of nitrogens with zero attached hydrogens (tertiary/aromatic N) is 2. The highest BCUT2D eigenvalue weighted by Crippen LogP contribution is 2.12. The van der Waals surface area contributed by atoms with Gasteiger partial charge in [0.25, 0.3) is 5.69 Å². The van der Waals surface area contributed by atoms with Crippen LogP contribution in [0.1, 0.15) is 25.3 Å². The molecule has 1 aromatic rings. The number of nitro benzene ring substituents is 1. The van der Waals surface area contributed by atoms with Gasteiger partial charge in [-0.05, 0) is 37.3 Å². The van der Waals surface area contributed by atoms with Crippen molar-refractivity contribution < 1.29 is 9.66 Å². The third-order valence-electron chi connectivity index (χ3n) is 3.35. The number of rotatable bonds is 12. The Balaban J connectivity index is 2.52. The Hall–Kier alpha value is -1.80. The fourth-order valence-electron chi connectivity index (χ4n) is 2.02. The molecular formula is C17H28N4O3S. The molecule has 0 bridgehead atoms. The highest BCUT2D eigenvalue weighted by molar-refractivity contribution is 7.98. The van der Waals surface area contributed by atoms with Crippen LogP contribution in [0.4, 0.5) is 5.69 Å². The molecule has 0 aliphatic rings. The molecule has 2 N–H and O–H groups in total. The van der Waals surface area contributed by atoms with Crippen LogP contribution in [0.2, 0.25) is 0 Å². The Morgan fingerprint density at radius 2 is 1.92 bits per heavy atom. The largest absolute Gasteiger partial charge is 0.382 e. The fraction of sp³-hybridized carbons (Fsp3) is 0.588. The van der Waals surface area contributed by atoms with Crippen molar-refractivity contribution in [1.82, 2.24) is 10.6 Å². The summed E-state index contributed by atoms with van der Waals surface area (Å²) in [5, 5.41) is 17.3. The number of aliphatic imine (C=N–C) groups is 1. The number of guanidine groups is 1. The van der Waals surface area contributed by atoms with Gasteiger partial charge < -0.3 is 15.4 Å². The van der Waals surface area contributed by atoms with Gasteiger partial charge >= 0.3 is 0 Å². The number of non-ortho nitro benzene ring substituents is 1. The van der Waals surface area contributed by atoms with E-state index in [1.54, 1.807) is 12.1 Å². The number of hydrogen-bond donors (Lipinski definition) is 2. The first-order valence-corrected chi connectivity index (χ1v) is 9.89. The Kier molecular flexibility index (Phi) is 11.5. The summed E-state index contributed by atoms with van der Waals surface area (Å²) in [5.74, 6) is 1.86. The van der Waals surface area contributed by atoms with Crippen LogP contribution in [0, 0.1) is 10.1 Å². The van der Waals surface area contributed by atoms with Crippen LogP contribution in [0.5, 0.6) is 0 Å². The topological polar surface area (TPSA) is 88.8 Å². The Labute approximate surface area is 153 Å². The van der Waals surface area contributed by atoms with E-state index in [0.717, 1.165) is 56.4 Å². The van der Waals surface area contributed by atoms with Crippen molar-refractivity contribution in [3.63, 3.8) is 0 Å². The number of ether oxygens (including phenoxy) is 1. The van der Waals surface area contributed by atoms with Crippen molar-refractivity contribution >= 4 is 23.4 Å². The molecule has 7 nitrogen and oxygen atoms in total. The van der Waals surface area contributed by atoms with E-state index in [0.29, 0.717) is 6.54 Å². The maximum atomic E-state index is 10.7. The molecule has 0 aliphatic carbocycles. The molecule has 140 valence electrons. The summed E-state index contributed by atoms with van der Waals surface area (Å²) in [7, 11) is 0. The average molecular weight is 369 g/mol. The van der Waals surface area contributed by atoms with Crippen LogP contribution >= 0.6 is 11.8 Å². The molecule has 0 saturated heterocycles. The van der Waals surface area contributed by atoms with E-state index in [4.69, 9.17) is 4.74 Å². The molecule has 0 aromatic heterocycles. The molecule has 0 atom stereocenters. The molecule has 0 fully saturated rings. The molecular weight excluding hydrogens is 340 g/mol. The normalized spacial score (nSPS) is 11.4. The van der Waals surface area contributed by atoms with Gasteiger partial charge in [-0.15, -0.1) is 0 Å². The summed E-state index contributed by atoms with van der Waals surface area (Å²) in [4.78, 5) is 14.9. The van der Waals surface area contributed by atoms with Crippen LogP contribution in [-0.2, 0) is 11.3 Å². The molecule has 0 aliphatic heterocycles. The van der Waals surface area contributed by atoms with E-state index in [9.17, 15) is 10.1 Å². The number of thioether (sulfide) groups is 1. The van der Waals surface area contributed by atoms with Crippen LogP contribution in [0.25, 0.3) is 0 Å². The second-order valence-corrected chi connectivity index (χ2v) is 6.32. The first-order chi connectivity index (χ1) is 12.2. The van der Waals surface area contributed by atoms with Crippen molar-refractivity contribution in [3.05, 3.63) is 39.9 Å². The zero-order valence-corrected chi connectivity index (χ0v) is 15.8. The van der Waals surface area contributed by atoms with Gasteiger partial charge in [0.15, 0.2) is 5.96 Å². The SMILES string of the molecule is CCOCCCNC(=NCc1ccc([N+](=O)[O-])cc1)NCCCSC. The van der Waals surface area contributed by atoms with Gasteiger partial charge in [-0.1, -0.05) is 12.1 Å². The maximum Gasteiger partial charge on any atom is 0.269 e. The van der Waals surface area contributed by atoms with E-state index in [-0.39, 0.29) is 5.69 Å². The van der Waals surface area contributed by atoms with Crippen LogP contribution < -0.4 is 10.6 Å². The van der Waals surface area contributed by atoms with Crippen molar-refractivity contribution in [1.29, 1.82) is 0 Å². The van der Waals surface area contributed by atoms with E-state index in [1.165, 1.54) is 12.1 Å².